The van der Waals surface area contributed by atoms with E-state index in [0.29, 0.717) is 17.5 Å². The highest BCUT2D eigenvalue weighted by molar-refractivity contribution is 7.26. The molecule has 0 spiro atoms. The lowest BCUT2D eigenvalue weighted by Crippen LogP contribution is -1.99. The van der Waals surface area contributed by atoms with Crippen LogP contribution in [0.3, 0.4) is 0 Å². The molecule has 0 N–H and O–H groups in total. The van der Waals surface area contributed by atoms with Crippen LogP contribution in [0.5, 0.6) is 0 Å². The van der Waals surface area contributed by atoms with Gasteiger partial charge in [-0.1, -0.05) is 140 Å². The molecule has 0 unspecified atom stereocenters. The molecule has 3 aromatic heterocycles. The second-order valence-electron chi connectivity index (χ2n) is 12.0. The van der Waals surface area contributed by atoms with Crippen molar-refractivity contribution in [2.75, 3.05) is 0 Å². The molecule has 0 amide bonds. The molecule has 0 saturated carbocycles. The third kappa shape index (κ3) is 4.18. The van der Waals surface area contributed by atoms with E-state index in [-0.39, 0.29) is 0 Å². The molecule has 3 heterocycles. The number of thiophene rings is 1. The number of nitrogens with zero attached hydrogens (tertiary/aromatic N) is 4. The van der Waals surface area contributed by atoms with Crippen molar-refractivity contribution in [1.29, 1.82) is 0 Å². The first kappa shape index (κ1) is 27.0. The summed E-state index contributed by atoms with van der Waals surface area (Å²) in [5, 5.41) is 7.50. The Morgan fingerprint density at radius 1 is 0.417 bits per heavy atom. The van der Waals surface area contributed by atoms with E-state index in [9.17, 15) is 0 Å². The molecular weight excluding hydrogens is 605 g/mol. The highest BCUT2D eigenvalue weighted by Gasteiger charge is 2.19. The van der Waals surface area contributed by atoms with Crippen LogP contribution >= 0.6 is 11.3 Å². The van der Waals surface area contributed by atoms with Gasteiger partial charge in [-0.3, -0.25) is 0 Å². The molecule has 0 aliphatic heterocycles. The van der Waals surface area contributed by atoms with Gasteiger partial charge in [0.15, 0.2) is 17.5 Å². The molecule has 5 heteroatoms. The lowest BCUT2D eigenvalue weighted by atomic mass is 10.1. The van der Waals surface area contributed by atoms with Crippen LogP contribution in [0.25, 0.3) is 92.6 Å². The first-order valence-electron chi connectivity index (χ1n) is 16.0. The number of fused-ring (bicyclic) bond motifs is 8. The van der Waals surface area contributed by atoms with Crippen molar-refractivity contribution in [2.45, 2.75) is 0 Å². The van der Waals surface area contributed by atoms with Crippen LogP contribution in [-0.2, 0) is 0 Å². The number of hydrogen-bond donors (Lipinski definition) is 0. The van der Waals surface area contributed by atoms with Crippen LogP contribution in [0.4, 0.5) is 0 Å². The molecule has 4 nitrogen and oxygen atoms in total. The summed E-state index contributed by atoms with van der Waals surface area (Å²) in [5.74, 6) is 1.99. The first-order chi connectivity index (χ1) is 23.8. The molecule has 0 aliphatic rings. The lowest BCUT2D eigenvalue weighted by Gasteiger charge is -2.11. The van der Waals surface area contributed by atoms with Gasteiger partial charge in [-0.2, -0.15) is 0 Å². The van der Waals surface area contributed by atoms with Gasteiger partial charge in [-0.05, 0) is 23.6 Å². The predicted octanol–water partition coefficient (Wildman–Crippen LogP) is 11.5. The van der Waals surface area contributed by atoms with Gasteiger partial charge in [0.2, 0.25) is 0 Å². The Kier molecular flexibility index (Phi) is 6.01. The van der Waals surface area contributed by atoms with E-state index in [1.165, 1.54) is 58.4 Å². The number of hydrogen-bond acceptors (Lipinski definition) is 4. The van der Waals surface area contributed by atoms with E-state index < -0.39 is 0 Å². The van der Waals surface area contributed by atoms with E-state index in [2.05, 4.69) is 102 Å². The van der Waals surface area contributed by atoms with Crippen molar-refractivity contribution in [3.63, 3.8) is 0 Å². The zero-order chi connectivity index (χ0) is 31.6. The third-order valence-electron chi connectivity index (χ3n) is 9.24. The van der Waals surface area contributed by atoms with Crippen molar-refractivity contribution in [3.8, 4) is 39.9 Å². The van der Waals surface area contributed by atoms with Gasteiger partial charge in [0, 0.05) is 48.3 Å². The maximum Gasteiger partial charge on any atom is 0.164 e. The standard InChI is InChI=1S/C43H26N4S/c1-3-13-28(14-4-1)41-44-42(29-15-5-2-6-16-29)46-43(45-41)30-23-24-33-35-19-11-21-37(40(35)48-38(33)26-30)47-36-20-10-9-18-32(36)34-25-22-27-12-7-8-17-31(27)39(34)47/h1-26H. The van der Waals surface area contributed by atoms with Gasteiger partial charge in [-0.15, -0.1) is 11.3 Å². The molecular formula is C43H26N4S. The normalized spacial score (nSPS) is 11.8. The number of aromatic nitrogens is 4. The molecule has 48 heavy (non-hydrogen) atoms. The summed E-state index contributed by atoms with van der Waals surface area (Å²) >= 11 is 1.83. The Bertz CT molecular complexity index is 2780. The zero-order valence-electron chi connectivity index (χ0n) is 25.7. The van der Waals surface area contributed by atoms with Gasteiger partial charge >= 0.3 is 0 Å². The van der Waals surface area contributed by atoms with Crippen LogP contribution < -0.4 is 0 Å². The Balaban J connectivity index is 1.20. The van der Waals surface area contributed by atoms with Crippen LogP contribution in [-0.4, -0.2) is 19.5 Å². The van der Waals surface area contributed by atoms with E-state index in [1.807, 2.05) is 72.0 Å². The fourth-order valence-corrected chi connectivity index (χ4v) is 8.26. The van der Waals surface area contributed by atoms with Gasteiger partial charge < -0.3 is 4.57 Å². The second kappa shape index (κ2) is 10.7. The van der Waals surface area contributed by atoms with Gasteiger partial charge in [0.25, 0.3) is 0 Å². The molecule has 7 aromatic carbocycles. The summed E-state index contributed by atoms with van der Waals surface area (Å²) in [5.41, 5.74) is 6.54. The largest absolute Gasteiger partial charge is 0.307 e. The maximum atomic E-state index is 4.99. The Morgan fingerprint density at radius 2 is 1.02 bits per heavy atom. The third-order valence-corrected chi connectivity index (χ3v) is 10.4. The predicted molar refractivity (Wildman–Crippen MR) is 201 cm³/mol. The SMILES string of the molecule is c1ccc(-c2nc(-c3ccccc3)nc(-c3ccc4c(c3)sc3c(-n5c6ccccc6c6ccc7ccccc7c65)cccc34)n2)cc1. The van der Waals surface area contributed by atoms with E-state index in [1.54, 1.807) is 0 Å². The fourth-order valence-electron chi connectivity index (χ4n) is 7.02. The summed E-state index contributed by atoms with van der Waals surface area (Å²) in [6.07, 6.45) is 0. The summed E-state index contributed by atoms with van der Waals surface area (Å²) in [6, 6.07) is 55.5. The molecule has 0 radical (unpaired) electrons. The monoisotopic (exact) mass is 630 g/mol. The first-order valence-corrected chi connectivity index (χ1v) is 16.9. The van der Waals surface area contributed by atoms with E-state index >= 15 is 0 Å². The average molecular weight is 631 g/mol. The lowest BCUT2D eigenvalue weighted by molar-refractivity contribution is 1.07. The van der Waals surface area contributed by atoms with Crippen LogP contribution in [0.15, 0.2) is 158 Å². The fraction of sp³-hybridized carbons (Fsp3) is 0. The smallest absolute Gasteiger partial charge is 0.164 e. The number of para-hydroxylation sites is 1. The van der Waals surface area contributed by atoms with E-state index in [4.69, 9.17) is 15.0 Å². The number of rotatable bonds is 4. The summed E-state index contributed by atoms with van der Waals surface area (Å²) in [7, 11) is 0. The molecule has 0 aliphatic carbocycles. The molecule has 0 bridgehead atoms. The molecule has 0 fully saturated rings. The minimum atomic E-state index is 0.663. The molecule has 0 saturated heterocycles. The highest BCUT2D eigenvalue weighted by atomic mass is 32.1. The van der Waals surface area contributed by atoms with Crippen LogP contribution in [0.1, 0.15) is 0 Å². The van der Waals surface area contributed by atoms with Crippen molar-refractivity contribution < 1.29 is 0 Å². The van der Waals surface area contributed by atoms with Crippen LogP contribution in [0, 0.1) is 0 Å². The van der Waals surface area contributed by atoms with Gasteiger partial charge in [0.1, 0.15) is 0 Å². The minimum absolute atomic E-state index is 0.663. The van der Waals surface area contributed by atoms with Crippen molar-refractivity contribution in [2.24, 2.45) is 0 Å². The molecule has 0 atom stereocenters. The van der Waals surface area contributed by atoms with Crippen molar-refractivity contribution in [3.05, 3.63) is 158 Å². The minimum Gasteiger partial charge on any atom is -0.307 e. The quantitative estimate of drug-likeness (QED) is 0.194. The summed E-state index contributed by atoms with van der Waals surface area (Å²) in [6.45, 7) is 0. The highest BCUT2D eigenvalue weighted by Crippen LogP contribution is 2.43. The topological polar surface area (TPSA) is 43.6 Å². The Morgan fingerprint density at radius 3 is 1.77 bits per heavy atom. The Labute approximate surface area is 280 Å². The molecule has 224 valence electrons. The zero-order valence-corrected chi connectivity index (χ0v) is 26.5. The Hall–Kier alpha value is -6.17. The maximum absolute atomic E-state index is 4.99. The van der Waals surface area contributed by atoms with Crippen molar-refractivity contribution in [1.82, 2.24) is 19.5 Å². The van der Waals surface area contributed by atoms with E-state index in [0.717, 1.165) is 16.7 Å². The van der Waals surface area contributed by atoms with Crippen LogP contribution in [0.2, 0.25) is 0 Å². The summed E-state index contributed by atoms with van der Waals surface area (Å²) in [4.78, 5) is 14.9. The average Bonchev–Trinajstić information content (AvgIpc) is 3.71. The van der Waals surface area contributed by atoms with Crippen molar-refractivity contribution >= 4 is 64.1 Å². The summed E-state index contributed by atoms with van der Waals surface area (Å²) < 4.78 is 4.92. The molecule has 10 aromatic rings. The van der Waals surface area contributed by atoms with Gasteiger partial charge in [-0.25, -0.2) is 15.0 Å². The van der Waals surface area contributed by atoms with Gasteiger partial charge in [0.05, 0.1) is 21.4 Å². The molecule has 10 rings (SSSR count). The number of benzene rings is 7. The second-order valence-corrected chi connectivity index (χ2v) is 13.1.